The summed E-state index contributed by atoms with van der Waals surface area (Å²) in [4.78, 5) is 11.2. The molecule has 2 aromatic rings. The summed E-state index contributed by atoms with van der Waals surface area (Å²) in [6.45, 7) is 5.44. The van der Waals surface area contributed by atoms with E-state index in [0.717, 1.165) is 29.5 Å². The molecule has 0 spiro atoms. The van der Waals surface area contributed by atoms with E-state index in [9.17, 15) is 4.79 Å². The number of hydrogen-bond donors (Lipinski definition) is 0. The molecule has 0 aliphatic carbocycles. The molecule has 0 atom stereocenters. The third-order valence-corrected chi connectivity index (χ3v) is 2.99. The van der Waals surface area contributed by atoms with Crippen LogP contribution in [0.15, 0.2) is 33.1 Å². The van der Waals surface area contributed by atoms with Gasteiger partial charge in [0.25, 0.3) is 0 Å². The fourth-order valence-corrected chi connectivity index (χ4v) is 2.05. The number of aryl methyl sites for hydroxylation is 2. The predicted molar refractivity (Wildman–Crippen MR) is 68.6 cm³/mol. The van der Waals surface area contributed by atoms with Crippen molar-refractivity contribution < 1.29 is 13.6 Å². The minimum absolute atomic E-state index is 0.0244. The highest BCUT2D eigenvalue weighted by Crippen LogP contribution is 2.31. The monoisotopic (exact) mass is 246 g/mol. The van der Waals surface area contributed by atoms with Crippen molar-refractivity contribution in [2.75, 3.05) is 0 Å². The maximum absolute atomic E-state index is 11.2. The molecule has 0 amide bonds. The number of carbonyl (C=O) groups excluding carboxylic acids is 1. The highest BCUT2D eigenvalue weighted by Gasteiger charge is 2.21. The Balaban J connectivity index is 2.25. The molecule has 3 nitrogen and oxygen atoms in total. The molecule has 0 fully saturated rings. The Morgan fingerprint density at radius 3 is 1.89 bits per heavy atom. The van der Waals surface area contributed by atoms with Crippen LogP contribution in [0.2, 0.25) is 0 Å². The van der Waals surface area contributed by atoms with E-state index in [1.54, 1.807) is 6.92 Å². The number of carbonyl (C=O) groups is 1. The van der Waals surface area contributed by atoms with Crippen LogP contribution >= 0.6 is 0 Å². The van der Waals surface area contributed by atoms with Crippen molar-refractivity contribution in [3.63, 3.8) is 0 Å². The Kier molecular flexibility index (Phi) is 3.70. The molecular weight excluding hydrogens is 228 g/mol. The lowest BCUT2D eigenvalue weighted by Crippen LogP contribution is -2.02. The van der Waals surface area contributed by atoms with Crippen molar-refractivity contribution in [1.82, 2.24) is 0 Å². The molecule has 0 unspecified atom stereocenters. The average Bonchev–Trinajstić information content (AvgIpc) is 2.89. The topological polar surface area (TPSA) is 43.4 Å². The van der Waals surface area contributed by atoms with E-state index in [-0.39, 0.29) is 11.7 Å². The molecule has 0 bridgehead atoms. The van der Waals surface area contributed by atoms with E-state index >= 15 is 0 Å². The maximum Gasteiger partial charge on any atom is 0.129 e. The van der Waals surface area contributed by atoms with E-state index < -0.39 is 0 Å². The standard InChI is InChI=1S/C15H18O3/c1-10(16)4-7-13(14-8-5-11(2)17-14)15-9-6-12(3)18-15/h5-6,8-9,13H,4,7H2,1-3H3. The van der Waals surface area contributed by atoms with Crippen LogP contribution in [0.3, 0.4) is 0 Å². The van der Waals surface area contributed by atoms with Crippen molar-refractivity contribution in [3.8, 4) is 0 Å². The summed E-state index contributed by atoms with van der Waals surface area (Å²) in [7, 11) is 0. The zero-order chi connectivity index (χ0) is 13.1. The van der Waals surface area contributed by atoms with Gasteiger partial charge >= 0.3 is 0 Å². The van der Waals surface area contributed by atoms with Gasteiger partial charge in [-0.25, -0.2) is 0 Å². The molecule has 2 heterocycles. The van der Waals surface area contributed by atoms with Gasteiger partial charge in [-0.15, -0.1) is 0 Å². The van der Waals surface area contributed by atoms with Crippen LogP contribution in [0.5, 0.6) is 0 Å². The van der Waals surface area contributed by atoms with Gasteiger partial charge in [0.15, 0.2) is 0 Å². The van der Waals surface area contributed by atoms with Gasteiger partial charge in [0.1, 0.15) is 28.8 Å². The zero-order valence-corrected chi connectivity index (χ0v) is 11.0. The first-order valence-corrected chi connectivity index (χ1v) is 6.18. The second kappa shape index (κ2) is 5.25. The summed E-state index contributed by atoms with van der Waals surface area (Å²) in [5, 5.41) is 0. The van der Waals surface area contributed by atoms with Crippen LogP contribution in [0.1, 0.15) is 48.7 Å². The van der Waals surface area contributed by atoms with Crippen molar-refractivity contribution >= 4 is 5.78 Å². The predicted octanol–water partition coefficient (Wildman–Crippen LogP) is 3.99. The summed E-state index contributed by atoms with van der Waals surface area (Å²) < 4.78 is 11.3. The maximum atomic E-state index is 11.2. The lowest BCUT2D eigenvalue weighted by Gasteiger charge is -2.11. The van der Waals surface area contributed by atoms with Crippen LogP contribution in [0.25, 0.3) is 0 Å². The van der Waals surface area contributed by atoms with Gasteiger partial charge in [0.05, 0.1) is 5.92 Å². The summed E-state index contributed by atoms with van der Waals surface area (Å²) in [5.74, 6) is 3.69. The molecule has 0 N–H and O–H groups in total. The van der Waals surface area contributed by atoms with E-state index in [1.807, 2.05) is 38.1 Å². The van der Waals surface area contributed by atoms with Crippen molar-refractivity contribution in [1.29, 1.82) is 0 Å². The normalized spacial score (nSPS) is 11.1. The molecular formula is C15H18O3. The van der Waals surface area contributed by atoms with E-state index in [0.29, 0.717) is 6.42 Å². The van der Waals surface area contributed by atoms with Crippen LogP contribution < -0.4 is 0 Å². The highest BCUT2D eigenvalue weighted by molar-refractivity contribution is 5.75. The SMILES string of the molecule is CC(=O)CCC(c1ccc(C)o1)c1ccc(C)o1. The summed E-state index contributed by atoms with van der Waals surface area (Å²) in [6.07, 6.45) is 1.25. The quantitative estimate of drug-likeness (QED) is 0.801. The number of Topliss-reactive ketones (excluding diaryl/α,β-unsaturated/α-hetero) is 1. The van der Waals surface area contributed by atoms with Crippen LogP contribution in [-0.2, 0) is 4.79 Å². The minimum Gasteiger partial charge on any atom is -0.466 e. The van der Waals surface area contributed by atoms with Crippen LogP contribution in [0, 0.1) is 13.8 Å². The van der Waals surface area contributed by atoms with Crippen LogP contribution in [0.4, 0.5) is 0 Å². The molecule has 2 aromatic heterocycles. The Labute approximate surface area is 107 Å². The smallest absolute Gasteiger partial charge is 0.129 e. The number of ketones is 1. The molecule has 0 aliphatic rings. The summed E-state index contributed by atoms with van der Waals surface area (Å²) in [6, 6.07) is 7.79. The fourth-order valence-electron chi connectivity index (χ4n) is 2.05. The summed E-state index contributed by atoms with van der Waals surface area (Å²) in [5.41, 5.74) is 0. The Bertz CT molecular complexity index is 493. The second-order valence-corrected chi connectivity index (χ2v) is 4.69. The van der Waals surface area contributed by atoms with Crippen molar-refractivity contribution in [3.05, 3.63) is 47.3 Å². The zero-order valence-electron chi connectivity index (χ0n) is 11.0. The molecule has 2 rings (SSSR count). The van der Waals surface area contributed by atoms with Gasteiger partial charge in [0, 0.05) is 6.42 Å². The third kappa shape index (κ3) is 2.92. The number of furan rings is 2. The largest absolute Gasteiger partial charge is 0.466 e. The average molecular weight is 246 g/mol. The van der Waals surface area contributed by atoms with Gasteiger partial charge < -0.3 is 13.6 Å². The molecule has 0 aromatic carbocycles. The van der Waals surface area contributed by atoms with E-state index in [2.05, 4.69) is 0 Å². The van der Waals surface area contributed by atoms with Gasteiger partial charge in [-0.05, 0) is 51.5 Å². The van der Waals surface area contributed by atoms with Gasteiger partial charge in [-0.2, -0.15) is 0 Å². The van der Waals surface area contributed by atoms with E-state index in [4.69, 9.17) is 8.83 Å². The molecule has 0 saturated heterocycles. The van der Waals surface area contributed by atoms with Gasteiger partial charge in [-0.1, -0.05) is 0 Å². The molecule has 0 saturated carbocycles. The Morgan fingerprint density at radius 2 is 1.56 bits per heavy atom. The fraction of sp³-hybridized carbons (Fsp3) is 0.400. The lowest BCUT2D eigenvalue weighted by molar-refractivity contribution is -0.117. The highest BCUT2D eigenvalue weighted by atomic mass is 16.4. The third-order valence-electron chi connectivity index (χ3n) is 2.99. The van der Waals surface area contributed by atoms with Crippen molar-refractivity contribution in [2.24, 2.45) is 0 Å². The first-order valence-electron chi connectivity index (χ1n) is 6.18. The number of rotatable bonds is 5. The minimum atomic E-state index is 0.0244. The molecule has 0 aliphatic heterocycles. The number of hydrogen-bond acceptors (Lipinski definition) is 3. The van der Waals surface area contributed by atoms with Gasteiger partial charge in [0.2, 0.25) is 0 Å². The summed E-state index contributed by atoms with van der Waals surface area (Å²) >= 11 is 0. The Morgan fingerprint density at radius 1 is 1.06 bits per heavy atom. The molecule has 0 radical (unpaired) electrons. The second-order valence-electron chi connectivity index (χ2n) is 4.69. The Hall–Kier alpha value is -1.77. The van der Waals surface area contributed by atoms with Crippen LogP contribution in [-0.4, -0.2) is 5.78 Å². The first kappa shape index (κ1) is 12.7. The molecule has 96 valence electrons. The lowest BCUT2D eigenvalue weighted by atomic mass is 9.96. The first-order chi connectivity index (χ1) is 8.56. The van der Waals surface area contributed by atoms with Crippen molar-refractivity contribution in [2.45, 2.75) is 39.5 Å². The van der Waals surface area contributed by atoms with E-state index in [1.165, 1.54) is 0 Å². The molecule has 3 heteroatoms. The van der Waals surface area contributed by atoms with Gasteiger partial charge in [-0.3, -0.25) is 0 Å². The molecule has 18 heavy (non-hydrogen) atoms.